The van der Waals surface area contributed by atoms with Crippen LogP contribution in [-0.2, 0) is 0 Å². The molecule has 0 bridgehead atoms. The lowest BCUT2D eigenvalue weighted by Gasteiger charge is -2.40. The molecule has 0 aromatic carbocycles. The number of nitrogens with two attached hydrogens (primary N) is 1. The maximum atomic E-state index is 6.04. The Balaban J connectivity index is 2.58. The van der Waals surface area contributed by atoms with Gasteiger partial charge in [-0.05, 0) is 36.5 Å². The summed E-state index contributed by atoms with van der Waals surface area (Å²) < 4.78 is 0. The van der Waals surface area contributed by atoms with E-state index in [0.29, 0.717) is 11.5 Å². The van der Waals surface area contributed by atoms with Gasteiger partial charge in [0, 0.05) is 6.04 Å². The molecule has 12 heavy (non-hydrogen) atoms. The Bertz CT molecular complexity index is 149. The van der Waals surface area contributed by atoms with Gasteiger partial charge < -0.3 is 5.73 Å². The molecule has 0 aliphatic heterocycles. The molecule has 0 aromatic heterocycles. The summed E-state index contributed by atoms with van der Waals surface area (Å²) in [5.74, 6) is 1.65. The van der Waals surface area contributed by atoms with Crippen LogP contribution >= 0.6 is 0 Å². The second-order valence-electron chi connectivity index (χ2n) is 5.57. The molecule has 1 aliphatic rings. The molecule has 0 radical (unpaired) electrons. The number of hydrogen-bond donors (Lipinski definition) is 1. The van der Waals surface area contributed by atoms with Crippen LogP contribution in [-0.4, -0.2) is 6.04 Å². The summed E-state index contributed by atoms with van der Waals surface area (Å²) in [6, 6.07) is 0.446. The lowest BCUT2D eigenvalue weighted by Crippen LogP contribution is -2.38. The van der Waals surface area contributed by atoms with Gasteiger partial charge in [0.05, 0.1) is 0 Å². The third kappa shape index (κ3) is 2.48. The van der Waals surface area contributed by atoms with Crippen LogP contribution < -0.4 is 5.73 Å². The second kappa shape index (κ2) is 3.37. The molecule has 0 amide bonds. The van der Waals surface area contributed by atoms with Gasteiger partial charge >= 0.3 is 0 Å². The highest BCUT2D eigenvalue weighted by Gasteiger charge is 2.33. The summed E-state index contributed by atoms with van der Waals surface area (Å²) in [7, 11) is 0. The Morgan fingerprint density at radius 2 is 1.83 bits per heavy atom. The van der Waals surface area contributed by atoms with Gasteiger partial charge in [0.1, 0.15) is 0 Å². The fourth-order valence-corrected chi connectivity index (χ4v) is 2.57. The first-order valence-corrected chi connectivity index (χ1v) is 5.16. The molecule has 0 saturated heterocycles. The molecule has 2 N–H and O–H groups in total. The molecule has 2 atom stereocenters. The van der Waals surface area contributed by atoms with E-state index in [1.54, 1.807) is 0 Å². The molecule has 0 spiro atoms. The summed E-state index contributed by atoms with van der Waals surface area (Å²) in [4.78, 5) is 0. The number of rotatable bonds is 1. The van der Waals surface area contributed by atoms with Crippen molar-refractivity contribution in [2.75, 3.05) is 0 Å². The molecule has 1 nitrogen and oxygen atoms in total. The zero-order chi connectivity index (χ0) is 9.35. The van der Waals surface area contributed by atoms with Crippen molar-refractivity contribution in [1.82, 2.24) is 0 Å². The normalized spacial score (nSPS) is 35.5. The molecular weight excluding hydrogens is 146 g/mol. The van der Waals surface area contributed by atoms with Crippen LogP contribution in [0.5, 0.6) is 0 Å². The maximum Gasteiger partial charge on any atom is 0.00466 e. The maximum absolute atomic E-state index is 6.04. The van der Waals surface area contributed by atoms with Crippen LogP contribution in [0.3, 0.4) is 0 Å². The molecular formula is C11H23N. The predicted octanol–water partition coefficient (Wildman–Crippen LogP) is 2.80. The topological polar surface area (TPSA) is 26.0 Å². The summed E-state index contributed by atoms with van der Waals surface area (Å²) >= 11 is 0. The fourth-order valence-electron chi connectivity index (χ4n) is 2.57. The summed E-state index contributed by atoms with van der Waals surface area (Å²) in [5, 5.41) is 0. The summed E-state index contributed by atoms with van der Waals surface area (Å²) in [6.45, 7) is 9.33. The van der Waals surface area contributed by atoms with E-state index in [-0.39, 0.29) is 0 Å². The van der Waals surface area contributed by atoms with E-state index < -0.39 is 0 Å². The van der Waals surface area contributed by atoms with Crippen molar-refractivity contribution < 1.29 is 0 Å². The molecule has 1 aliphatic carbocycles. The molecule has 2 unspecified atom stereocenters. The first-order chi connectivity index (χ1) is 5.41. The highest BCUT2D eigenvalue weighted by Crippen LogP contribution is 2.40. The van der Waals surface area contributed by atoms with E-state index in [1.165, 1.54) is 19.3 Å². The minimum Gasteiger partial charge on any atom is -0.328 e. The molecule has 1 rings (SSSR count). The highest BCUT2D eigenvalue weighted by molar-refractivity contribution is 4.87. The van der Waals surface area contributed by atoms with E-state index in [1.807, 2.05) is 0 Å². The zero-order valence-corrected chi connectivity index (χ0v) is 8.93. The van der Waals surface area contributed by atoms with E-state index in [2.05, 4.69) is 27.7 Å². The first kappa shape index (κ1) is 10.0. The third-order valence-electron chi connectivity index (χ3n) is 3.18. The van der Waals surface area contributed by atoms with Gasteiger partial charge in [-0.15, -0.1) is 0 Å². The van der Waals surface area contributed by atoms with Crippen LogP contribution in [0, 0.1) is 17.3 Å². The SMILES string of the molecule is CC(C)C1CC(N)CC(C)(C)C1. The van der Waals surface area contributed by atoms with Crippen molar-refractivity contribution in [3.8, 4) is 0 Å². The average molecular weight is 169 g/mol. The monoisotopic (exact) mass is 169 g/mol. The van der Waals surface area contributed by atoms with Crippen molar-refractivity contribution in [2.45, 2.75) is 53.0 Å². The van der Waals surface area contributed by atoms with Crippen LogP contribution in [0.4, 0.5) is 0 Å². The van der Waals surface area contributed by atoms with Crippen LogP contribution in [0.25, 0.3) is 0 Å². The Kier molecular flexibility index (Phi) is 2.82. The van der Waals surface area contributed by atoms with Gasteiger partial charge in [0.2, 0.25) is 0 Å². The quantitative estimate of drug-likeness (QED) is 0.642. The van der Waals surface area contributed by atoms with Gasteiger partial charge in [-0.3, -0.25) is 0 Å². The largest absolute Gasteiger partial charge is 0.328 e. The van der Waals surface area contributed by atoms with Gasteiger partial charge in [0.15, 0.2) is 0 Å². The lowest BCUT2D eigenvalue weighted by molar-refractivity contribution is 0.129. The van der Waals surface area contributed by atoms with E-state index >= 15 is 0 Å². The Morgan fingerprint density at radius 1 is 1.25 bits per heavy atom. The summed E-state index contributed by atoms with van der Waals surface area (Å²) in [5.41, 5.74) is 6.52. The van der Waals surface area contributed by atoms with Gasteiger partial charge in [-0.25, -0.2) is 0 Å². The minimum absolute atomic E-state index is 0.446. The fraction of sp³-hybridized carbons (Fsp3) is 1.00. The Morgan fingerprint density at radius 3 is 2.25 bits per heavy atom. The average Bonchev–Trinajstić information content (AvgIpc) is 1.82. The first-order valence-electron chi connectivity index (χ1n) is 5.16. The number of hydrogen-bond acceptors (Lipinski definition) is 1. The molecule has 72 valence electrons. The summed E-state index contributed by atoms with van der Waals surface area (Å²) in [6.07, 6.45) is 3.80. The zero-order valence-electron chi connectivity index (χ0n) is 8.93. The van der Waals surface area contributed by atoms with E-state index in [9.17, 15) is 0 Å². The highest BCUT2D eigenvalue weighted by atomic mass is 14.7. The van der Waals surface area contributed by atoms with E-state index in [0.717, 1.165) is 11.8 Å². The lowest BCUT2D eigenvalue weighted by atomic mass is 9.67. The van der Waals surface area contributed by atoms with Gasteiger partial charge in [-0.1, -0.05) is 27.7 Å². The van der Waals surface area contributed by atoms with Crippen molar-refractivity contribution in [1.29, 1.82) is 0 Å². The minimum atomic E-state index is 0.446. The smallest absolute Gasteiger partial charge is 0.00466 e. The van der Waals surface area contributed by atoms with Crippen molar-refractivity contribution >= 4 is 0 Å². The molecule has 1 heteroatoms. The Labute approximate surface area is 76.7 Å². The van der Waals surface area contributed by atoms with E-state index in [4.69, 9.17) is 5.73 Å². The standard InChI is InChI=1S/C11H23N/c1-8(2)9-5-10(12)7-11(3,4)6-9/h8-10H,5-7,12H2,1-4H3. The molecule has 1 saturated carbocycles. The van der Waals surface area contributed by atoms with Crippen LogP contribution in [0.1, 0.15) is 47.0 Å². The molecule has 0 heterocycles. The molecule has 0 aromatic rings. The van der Waals surface area contributed by atoms with Gasteiger partial charge in [-0.2, -0.15) is 0 Å². The molecule has 1 fully saturated rings. The van der Waals surface area contributed by atoms with Crippen molar-refractivity contribution in [2.24, 2.45) is 23.0 Å². The predicted molar refractivity (Wildman–Crippen MR) is 53.9 cm³/mol. The second-order valence-corrected chi connectivity index (χ2v) is 5.57. The Hall–Kier alpha value is -0.0400. The van der Waals surface area contributed by atoms with Gasteiger partial charge in [0.25, 0.3) is 0 Å². The van der Waals surface area contributed by atoms with Crippen LogP contribution in [0.15, 0.2) is 0 Å². The van der Waals surface area contributed by atoms with Crippen LogP contribution in [0.2, 0.25) is 0 Å². The van der Waals surface area contributed by atoms with Crippen molar-refractivity contribution in [3.05, 3.63) is 0 Å². The third-order valence-corrected chi connectivity index (χ3v) is 3.18. The van der Waals surface area contributed by atoms with Crippen molar-refractivity contribution in [3.63, 3.8) is 0 Å².